The molecule has 0 unspecified atom stereocenters. The average Bonchev–Trinajstić information content (AvgIpc) is 1.64. The summed E-state index contributed by atoms with van der Waals surface area (Å²) in [6.07, 6.45) is 6.05. The van der Waals surface area contributed by atoms with Crippen LogP contribution in [0.5, 0.6) is 0 Å². The van der Waals surface area contributed by atoms with Gasteiger partial charge in [-0.05, 0) is 157 Å². The van der Waals surface area contributed by atoms with Gasteiger partial charge in [0.05, 0.1) is 76.7 Å². The molecule has 7 rings (SSSR count). The normalized spacial score (nSPS) is 12.1. The van der Waals surface area contributed by atoms with Gasteiger partial charge in [0.25, 0.3) is 30.4 Å². The zero-order chi connectivity index (χ0) is 68.6. The Bertz CT molecular complexity index is 3650. The van der Waals surface area contributed by atoms with Crippen molar-refractivity contribution in [3.05, 3.63) is 107 Å². The van der Waals surface area contributed by atoms with E-state index in [-0.39, 0.29) is 95.5 Å². The molecular formula is C55H77Cl4F4N6NaO17S3. The van der Waals surface area contributed by atoms with Crippen molar-refractivity contribution in [1.82, 2.24) is 29.2 Å². The van der Waals surface area contributed by atoms with Crippen LogP contribution in [0.3, 0.4) is 0 Å². The number of halogens is 8. The number of amides is 3. The number of hydrogen-bond acceptors (Lipinski definition) is 17. The number of nitrogens with one attached hydrogen (secondary N) is 2. The molecule has 3 amide bonds. The van der Waals surface area contributed by atoms with Crippen LogP contribution in [-0.4, -0.2) is 164 Å². The fraction of sp³-hybridized carbons (Fsp3) is 0.473. The molecule has 6 aromatic rings. The number of H-pyrrole nitrogens is 2. The summed E-state index contributed by atoms with van der Waals surface area (Å²) in [6, 6.07) is 14.0. The van der Waals surface area contributed by atoms with E-state index in [9.17, 15) is 66.8 Å². The number of carbonyl (C=O) groups is 5. The smallest absolute Gasteiger partial charge is 1.00 e. The Morgan fingerprint density at radius 3 is 1.42 bits per heavy atom. The average molecular weight is 1430 g/mol. The van der Waals surface area contributed by atoms with Crippen LogP contribution in [0.1, 0.15) is 89.2 Å². The van der Waals surface area contributed by atoms with E-state index < -0.39 is 82.8 Å². The van der Waals surface area contributed by atoms with E-state index in [4.69, 9.17) is 24.9 Å². The predicted octanol–water partition coefficient (Wildman–Crippen LogP) is 8.74. The SMILES string of the molecule is C.CC(C)(C)OC(=O)N(CCO)Cc1cc(F)cc2cc[nH]c12.CC(C)(C)OC(=O)N(CCOS(C)(=O)=O)Cc1cc(F)cc2cc[nH]c12.CC(C)(C)OC(=O)N1CCn2ccc3cc(F)cc(c32)C1.CS(=O)(=O)OS(C)(=O)=O.ClCl.O=C(Cl)C(=O)Cl.[2H]CF.[H-].[Na+]. The molecule has 0 fully saturated rings. The summed E-state index contributed by atoms with van der Waals surface area (Å²) in [7, 11) is -4.15. The molecule has 35 heteroatoms. The summed E-state index contributed by atoms with van der Waals surface area (Å²) in [5.74, 6) is -1.07. The Labute approximate surface area is 566 Å². The number of aliphatic hydroxyl groups is 1. The summed E-state index contributed by atoms with van der Waals surface area (Å²) in [5, 5.41) is 9.16. The monoisotopic (exact) mass is 1430 g/mol. The molecule has 504 valence electrons. The van der Waals surface area contributed by atoms with Gasteiger partial charge in [-0.1, -0.05) is 7.43 Å². The molecule has 0 saturated carbocycles. The second kappa shape index (κ2) is 38.9. The second-order valence-corrected chi connectivity index (χ2v) is 27.2. The number of fused-ring (bicyclic) bond motifs is 2. The third kappa shape index (κ3) is 34.1. The number of aromatic nitrogens is 3. The van der Waals surface area contributed by atoms with Crippen LogP contribution in [0.4, 0.5) is 31.9 Å². The summed E-state index contributed by atoms with van der Waals surface area (Å²) in [5.41, 5.74) is 2.59. The first kappa shape index (κ1) is 85.0. The first-order valence-corrected chi connectivity index (χ1v) is 32.9. The van der Waals surface area contributed by atoms with E-state index in [1.807, 2.05) is 33.0 Å². The minimum Gasteiger partial charge on any atom is -1.00 e. The van der Waals surface area contributed by atoms with Gasteiger partial charge in [-0.15, -0.1) is 3.63 Å². The molecule has 23 nitrogen and oxygen atoms in total. The quantitative estimate of drug-likeness (QED) is 0.0243. The number of ether oxygens (including phenoxy) is 3. The standard InChI is InChI=1S/C17H23FN2O5S.C16H21FN2O3.C16H19FN2O2.C2Cl2O2.C2H6O5S2.CH3F.CH4.Cl2.Na.H/c1-17(2,3)25-16(21)20(7-8-24-26(4,22)23)11-13-10-14(18)9-12-5-6-19-15(12)13;1-16(2,3)22-15(21)19(6-7-20)10-12-9-13(17)8-11-4-5-18-14(11)12;1-16(2,3)21-15(20)19-7-6-18-5-4-11-8-13(17)9-12(10-19)14(11)18;3-1(5)2(4)6;1-8(3,4)7-9(2,5)6;1-2;;1-2;;/h5-6,9-10,19H,7-8,11H2,1-4H3;4-5,8-9,18,20H,6-7,10H2,1-3H3;4-5,8-9H,6-7,10H2,1-3H3;;1-2H3;1H3;1H4;;;/q;;;;;;;;+1;-1/i;;;;;1D;;;;. The Morgan fingerprint density at radius 2 is 1.06 bits per heavy atom. The zero-order valence-electron chi connectivity index (χ0n) is 53.0. The van der Waals surface area contributed by atoms with Crippen LogP contribution in [0.25, 0.3) is 32.7 Å². The number of hydrogen-bond donors (Lipinski definition) is 3. The molecule has 3 aromatic heterocycles. The minimum absolute atomic E-state index is 0. The number of rotatable bonds is 13. The van der Waals surface area contributed by atoms with Gasteiger partial charge in [0.2, 0.25) is 0 Å². The maximum atomic E-state index is 13.9. The van der Waals surface area contributed by atoms with E-state index in [2.05, 4.69) is 63.1 Å². The fourth-order valence-electron chi connectivity index (χ4n) is 7.55. The Kier molecular flexibility index (Phi) is 36.8. The third-order valence-electron chi connectivity index (χ3n) is 10.4. The van der Waals surface area contributed by atoms with Gasteiger partial charge in [0.1, 0.15) is 34.3 Å². The van der Waals surface area contributed by atoms with E-state index in [0.29, 0.717) is 54.2 Å². The maximum absolute atomic E-state index is 13.9. The van der Waals surface area contributed by atoms with Gasteiger partial charge in [-0.2, -0.15) is 25.3 Å². The molecule has 0 atom stereocenters. The van der Waals surface area contributed by atoms with Crippen molar-refractivity contribution in [3.8, 4) is 0 Å². The summed E-state index contributed by atoms with van der Waals surface area (Å²) >= 11 is 8.98. The molecule has 1 aliphatic rings. The number of aromatic amines is 2. The van der Waals surface area contributed by atoms with Gasteiger partial charge in [0.15, 0.2) is 0 Å². The Morgan fingerprint density at radius 1 is 0.656 bits per heavy atom. The molecule has 3 N–H and O–H groups in total. The Hall–Kier alpha value is -4.96. The van der Waals surface area contributed by atoms with Crippen molar-refractivity contribution >= 4 is 137 Å². The van der Waals surface area contributed by atoms with Gasteiger partial charge in [-0.25, -0.2) is 27.6 Å². The van der Waals surface area contributed by atoms with Crippen molar-refractivity contribution in [2.75, 3.05) is 58.8 Å². The second-order valence-electron chi connectivity index (χ2n) is 21.5. The van der Waals surface area contributed by atoms with Crippen LogP contribution in [0.15, 0.2) is 73.2 Å². The number of carbonyl (C=O) groups excluding carboxylic acids is 5. The van der Waals surface area contributed by atoms with E-state index in [1.54, 1.807) is 71.0 Å². The number of benzene rings is 3. The molecular weight excluding hydrogens is 1350 g/mol. The zero-order valence-corrected chi connectivity index (χ0v) is 58.5. The first-order valence-electron chi connectivity index (χ1n) is 26.2. The number of alkyl halides is 1. The van der Waals surface area contributed by atoms with E-state index >= 15 is 0 Å². The van der Waals surface area contributed by atoms with Crippen LogP contribution >= 0.6 is 44.9 Å². The van der Waals surface area contributed by atoms with Gasteiger partial charge < -0.3 is 50.0 Å². The van der Waals surface area contributed by atoms with Crippen LogP contribution < -0.4 is 29.6 Å². The van der Waals surface area contributed by atoms with Gasteiger partial charge in [-0.3, -0.25) is 18.2 Å². The summed E-state index contributed by atoms with van der Waals surface area (Å²) < 4.78 is 146. The molecule has 4 heterocycles. The van der Waals surface area contributed by atoms with Gasteiger partial charge >= 0.3 is 58.3 Å². The molecule has 0 radical (unpaired) electrons. The molecule has 90 heavy (non-hydrogen) atoms. The first-order chi connectivity index (χ1) is 40.8. The van der Waals surface area contributed by atoms with Crippen molar-refractivity contribution < 1.29 is 126 Å². The minimum atomic E-state index is -3.87. The fourth-order valence-corrected chi connectivity index (χ4v) is 9.72. The van der Waals surface area contributed by atoms with Crippen molar-refractivity contribution in [3.63, 3.8) is 0 Å². The van der Waals surface area contributed by atoms with Crippen molar-refractivity contribution in [1.29, 1.82) is 0 Å². The van der Waals surface area contributed by atoms with Crippen molar-refractivity contribution in [2.24, 2.45) is 0 Å². The molecule has 0 spiro atoms. The largest absolute Gasteiger partial charge is 1.00 e. The number of aliphatic hydroxyl groups excluding tert-OH is 1. The molecule has 0 aliphatic carbocycles. The summed E-state index contributed by atoms with van der Waals surface area (Å²) in [6.45, 7) is 17.5. The Balaban J connectivity index is -0.00000111. The topological polar surface area (TPSA) is 300 Å². The molecule has 3 aromatic carbocycles. The molecule has 0 bridgehead atoms. The maximum Gasteiger partial charge on any atom is 1.00 e. The third-order valence-corrected chi connectivity index (χ3v) is 13.4. The molecule has 1 aliphatic heterocycles. The number of nitrogens with zero attached hydrogens (tertiary/aromatic N) is 4. The predicted molar refractivity (Wildman–Crippen MR) is 335 cm³/mol. The van der Waals surface area contributed by atoms with E-state index in [0.717, 1.165) is 33.6 Å². The molecule has 0 saturated heterocycles. The van der Waals surface area contributed by atoms with Crippen LogP contribution in [-0.2, 0) is 88.1 Å². The van der Waals surface area contributed by atoms with E-state index in [1.165, 1.54) is 46.2 Å². The summed E-state index contributed by atoms with van der Waals surface area (Å²) in [4.78, 5) is 66.1. The van der Waals surface area contributed by atoms with Crippen LogP contribution in [0, 0.1) is 17.5 Å². The van der Waals surface area contributed by atoms with Crippen molar-refractivity contribution in [2.45, 2.75) is 113 Å². The van der Waals surface area contributed by atoms with Gasteiger partial charge in [0, 0.05) is 82.6 Å². The van der Waals surface area contributed by atoms with Crippen LogP contribution in [0.2, 0.25) is 0 Å².